The van der Waals surface area contributed by atoms with Gasteiger partial charge in [-0.15, -0.1) is 0 Å². The molecular weight excluding hydrogens is 240 g/mol. The Balaban J connectivity index is 1.64. The molecule has 2 N–H and O–H groups in total. The van der Waals surface area contributed by atoms with E-state index in [0.29, 0.717) is 12.5 Å². The fourth-order valence-electron chi connectivity index (χ4n) is 2.30. The molecule has 0 unspecified atom stereocenters. The van der Waals surface area contributed by atoms with Gasteiger partial charge in [-0.25, -0.2) is 4.79 Å². The number of hydrogen-bond donors (Lipinski definition) is 2. The third-order valence-electron chi connectivity index (χ3n) is 3.44. The lowest BCUT2D eigenvalue weighted by Gasteiger charge is -2.14. The lowest BCUT2D eigenvalue weighted by Crippen LogP contribution is -2.30. The van der Waals surface area contributed by atoms with Gasteiger partial charge in [0, 0.05) is 6.54 Å². The molecule has 1 heterocycles. The van der Waals surface area contributed by atoms with Gasteiger partial charge in [-0.3, -0.25) is 0 Å². The Morgan fingerprint density at radius 2 is 2.11 bits per heavy atom. The summed E-state index contributed by atoms with van der Waals surface area (Å²) in [4.78, 5) is 11.6. The number of carbonyl (C=O) groups excluding carboxylic acids is 1. The summed E-state index contributed by atoms with van der Waals surface area (Å²) < 4.78 is 5.18. The van der Waals surface area contributed by atoms with Gasteiger partial charge in [0.05, 0.1) is 0 Å². The number of rotatable bonds is 4. The number of nitrogens with one attached hydrogen (secondary N) is 2. The Bertz CT molecular complexity index is 373. The monoisotopic (exact) mass is 262 g/mol. The number of amides is 1. The summed E-state index contributed by atoms with van der Waals surface area (Å²) in [6.07, 6.45) is 3.16. The molecule has 2 rings (SSSR count). The van der Waals surface area contributed by atoms with E-state index in [1.54, 1.807) is 0 Å². The second-order valence-corrected chi connectivity index (χ2v) is 4.99. The maximum absolute atomic E-state index is 11.6. The van der Waals surface area contributed by atoms with Crippen LogP contribution >= 0.6 is 0 Å². The van der Waals surface area contributed by atoms with Gasteiger partial charge < -0.3 is 15.4 Å². The Labute approximate surface area is 114 Å². The van der Waals surface area contributed by atoms with Crippen LogP contribution < -0.4 is 10.6 Å². The van der Waals surface area contributed by atoms with Crippen molar-refractivity contribution in [1.29, 1.82) is 0 Å². The predicted molar refractivity (Wildman–Crippen MR) is 74.8 cm³/mol. The van der Waals surface area contributed by atoms with Crippen LogP contribution in [0.2, 0.25) is 0 Å². The van der Waals surface area contributed by atoms with E-state index in [1.165, 1.54) is 12.8 Å². The fourth-order valence-corrected chi connectivity index (χ4v) is 2.30. The lowest BCUT2D eigenvalue weighted by molar-refractivity contribution is 0.137. The van der Waals surface area contributed by atoms with Crippen LogP contribution in [0.4, 0.5) is 4.79 Å². The van der Waals surface area contributed by atoms with Gasteiger partial charge in [-0.1, -0.05) is 30.3 Å². The average Bonchev–Trinajstić information content (AvgIpc) is 2.73. The van der Waals surface area contributed by atoms with Crippen LogP contribution in [0.3, 0.4) is 0 Å². The average molecular weight is 262 g/mol. The molecule has 4 heteroatoms. The van der Waals surface area contributed by atoms with Crippen molar-refractivity contribution < 1.29 is 9.53 Å². The highest BCUT2D eigenvalue weighted by Gasteiger charge is 2.13. The van der Waals surface area contributed by atoms with Crippen molar-refractivity contribution in [3.63, 3.8) is 0 Å². The molecular formula is C15H22N2O2. The maximum Gasteiger partial charge on any atom is 0.407 e. The predicted octanol–water partition coefficient (Wildman–Crippen LogP) is 2.30. The summed E-state index contributed by atoms with van der Waals surface area (Å²) in [5.74, 6) is 0.569. The number of alkyl carbamates (subject to hydrolysis) is 1. The first-order valence-corrected chi connectivity index (χ1v) is 7.00. The van der Waals surface area contributed by atoms with Crippen LogP contribution in [0.1, 0.15) is 24.8 Å². The first-order chi connectivity index (χ1) is 9.34. The third-order valence-corrected chi connectivity index (χ3v) is 3.44. The zero-order valence-electron chi connectivity index (χ0n) is 11.2. The number of ether oxygens (including phenoxy) is 1. The van der Waals surface area contributed by atoms with E-state index in [4.69, 9.17) is 4.74 Å². The molecule has 0 aromatic heterocycles. The highest BCUT2D eigenvalue weighted by Crippen LogP contribution is 2.12. The van der Waals surface area contributed by atoms with Crippen molar-refractivity contribution >= 4 is 6.09 Å². The molecule has 4 nitrogen and oxygen atoms in total. The van der Waals surface area contributed by atoms with E-state index < -0.39 is 0 Å². The molecule has 0 aliphatic carbocycles. The van der Waals surface area contributed by atoms with Crippen molar-refractivity contribution in [3.8, 4) is 0 Å². The minimum atomic E-state index is -0.318. The summed E-state index contributed by atoms with van der Waals surface area (Å²) in [7, 11) is 0. The highest BCUT2D eigenvalue weighted by molar-refractivity contribution is 5.67. The first-order valence-electron chi connectivity index (χ1n) is 7.00. The molecule has 1 atom stereocenters. The summed E-state index contributed by atoms with van der Waals surface area (Å²) in [6, 6.07) is 9.72. The zero-order valence-corrected chi connectivity index (χ0v) is 11.2. The van der Waals surface area contributed by atoms with E-state index >= 15 is 0 Å². The van der Waals surface area contributed by atoms with Crippen molar-refractivity contribution in [2.45, 2.75) is 25.9 Å². The Hall–Kier alpha value is -1.55. The van der Waals surface area contributed by atoms with Gasteiger partial charge in [-0.2, -0.15) is 0 Å². The molecule has 19 heavy (non-hydrogen) atoms. The molecule has 1 aliphatic heterocycles. The molecule has 0 spiro atoms. The van der Waals surface area contributed by atoms with E-state index in [2.05, 4.69) is 10.6 Å². The van der Waals surface area contributed by atoms with Gasteiger partial charge in [0.2, 0.25) is 0 Å². The fraction of sp³-hybridized carbons (Fsp3) is 0.533. The highest BCUT2D eigenvalue weighted by atomic mass is 16.5. The second-order valence-electron chi connectivity index (χ2n) is 4.99. The normalized spacial score (nSPS) is 19.5. The molecule has 1 aromatic carbocycles. The summed E-state index contributed by atoms with van der Waals surface area (Å²) in [5.41, 5.74) is 1.01. The number of benzene rings is 1. The quantitative estimate of drug-likeness (QED) is 0.875. The molecule has 0 bridgehead atoms. The van der Waals surface area contributed by atoms with Crippen molar-refractivity contribution in [2.24, 2.45) is 5.92 Å². The Morgan fingerprint density at radius 1 is 1.26 bits per heavy atom. The summed E-state index contributed by atoms with van der Waals surface area (Å²) in [5, 5.41) is 6.23. The molecule has 0 saturated carbocycles. The summed E-state index contributed by atoms with van der Waals surface area (Å²) >= 11 is 0. The van der Waals surface area contributed by atoms with Crippen LogP contribution in [-0.2, 0) is 11.3 Å². The minimum absolute atomic E-state index is 0.318. The molecule has 0 radical (unpaired) electrons. The van der Waals surface area contributed by atoms with Gasteiger partial charge in [0.15, 0.2) is 0 Å². The summed E-state index contributed by atoms with van der Waals surface area (Å²) in [6.45, 7) is 3.19. The third kappa shape index (κ3) is 5.30. The number of hydrogen-bond acceptors (Lipinski definition) is 3. The van der Waals surface area contributed by atoms with E-state index in [-0.39, 0.29) is 6.09 Å². The van der Waals surface area contributed by atoms with Crippen LogP contribution in [0.5, 0.6) is 0 Å². The standard InChI is InChI=1S/C15H22N2O2/c18-15(19-12-14-5-2-1-3-6-14)17-11-13-7-4-9-16-10-8-13/h1-3,5-6,13,16H,4,7-12H2,(H,17,18)/t13-/m0/s1. The lowest BCUT2D eigenvalue weighted by atomic mass is 10.0. The Kier molecular flexibility index (Phi) is 5.69. The maximum atomic E-state index is 11.6. The van der Waals surface area contributed by atoms with E-state index in [1.807, 2.05) is 30.3 Å². The van der Waals surface area contributed by atoms with E-state index in [9.17, 15) is 4.79 Å². The van der Waals surface area contributed by atoms with Gasteiger partial charge in [0.25, 0.3) is 0 Å². The minimum Gasteiger partial charge on any atom is -0.445 e. The van der Waals surface area contributed by atoms with Crippen LogP contribution in [-0.4, -0.2) is 25.7 Å². The largest absolute Gasteiger partial charge is 0.445 e. The van der Waals surface area contributed by atoms with Crippen LogP contribution in [0, 0.1) is 5.92 Å². The van der Waals surface area contributed by atoms with E-state index in [0.717, 1.165) is 31.6 Å². The first kappa shape index (κ1) is 13.9. The molecule has 1 saturated heterocycles. The number of carbonyl (C=O) groups is 1. The molecule has 1 aliphatic rings. The van der Waals surface area contributed by atoms with Gasteiger partial charge in [0.1, 0.15) is 6.61 Å². The molecule has 1 fully saturated rings. The van der Waals surface area contributed by atoms with Gasteiger partial charge >= 0.3 is 6.09 Å². The SMILES string of the molecule is O=C(NC[C@H]1CCCNCC1)OCc1ccccc1. The molecule has 1 aromatic rings. The van der Waals surface area contributed by atoms with Crippen molar-refractivity contribution in [1.82, 2.24) is 10.6 Å². The van der Waals surface area contributed by atoms with Gasteiger partial charge in [-0.05, 0) is 43.8 Å². The van der Waals surface area contributed by atoms with Crippen LogP contribution in [0.25, 0.3) is 0 Å². The zero-order chi connectivity index (χ0) is 13.3. The smallest absolute Gasteiger partial charge is 0.407 e. The van der Waals surface area contributed by atoms with Crippen molar-refractivity contribution in [3.05, 3.63) is 35.9 Å². The topological polar surface area (TPSA) is 50.4 Å². The molecule has 1 amide bonds. The van der Waals surface area contributed by atoms with Crippen LogP contribution in [0.15, 0.2) is 30.3 Å². The Morgan fingerprint density at radius 3 is 2.95 bits per heavy atom. The second kappa shape index (κ2) is 7.79. The van der Waals surface area contributed by atoms with Crippen molar-refractivity contribution in [2.75, 3.05) is 19.6 Å². The molecule has 104 valence electrons.